The molecule has 2 fully saturated rings. The van der Waals surface area contributed by atoms with Gasteiger partial charge in [-0.1, -0.05) is 20.3 Å². The number of methoxy groups -OCH3 is 1. The Hall–Kier alpha value is -0.0800. The molecule has 1 saturated carbocycles. The Morgan fingerprint density at radius 2 is 2.23 bits per heavy atom. The van der Waals surface area contributed by atoms with E-state index in [1.165, 1.54) is 12.8 Å². The van der Waals surface area contributed by atoms with Crippen molar-refractivity contribution in [2.45, 2.75) is 57.3 Å². The summed E-state index contributed by atoms with van der Waals surface area (Å²) in [7, 11) is 1.83. The van der Waals surface area contributed by atoms with Gasteiger partial charge in [0.15, 0.2) is 0 Å². The van der Waals surface area contributed by atoms with Gasteiger partial charge in [0, 0.05) is 7.11 Å². The highest BCUT2D eigenvalue weighted by Gasteiger charge is 2.69. The van der Waals surface area contributed by atoms with Crippen LogP contribution in [-0.4, -0.2) is 24.4 Å². The first-order valence-corrected chi connectivity index (χ1v) is 5.32. The molecule has 4 atom stereocenters. The van der Waals surface area contributed by atoms with Crippen molar-refractivity contribution in [1.29, 1.82) is 0 Å². The summed E-state index contributed by atoms with van der Waals surface area (Å²) in [5.41, 5.74) is 0.170. The molecule has 1 saturated heterocycles. The van der Waals surface area contributed by atoms with Crippen molar-refractivity contribution in [1.82, 2.24) is 0 Å². The molecule has 0 aromatic carbocycles. The predicted octanol–water partition coefficient (Wildman–Crippen LogP) is 2.37. The molecule has 2 rings (SSSR count). The smallest absolute Gasteiger partial charge is 0.116 e. The SMILES string of the molecule is CCC(C)[C@@]1(OC)CC[C@]2(C)O[C@@H]12. The number of fused-ring (bicyclic) bond motifs is 1. The van der Waals surface area contributed by atoms with Crippen molar-refractivity contribution in [3.8, 4) is 0 Å². The van der Waals surface area contributed by atoms with Gasteiger partial charge < -0.3 is 9.47 Å². The average molecular weight is 184 g/mol. The molecule has 2 aliphatic rings. The van der Waals surface area contributed by atoms with E-state index in [0.717, 1.165) is 6.42 Å². The number of hydrogen-bond donors (Lipinski definition) is 0. The minimum atomic E-state index is 0.0174. The predicted molar refractivity (Wildman–Crippen MR) is 51.7 cm³/mol. The largest absolute Gasteiger partial charge is 0.375 e. The van der Waals surface area contributed by atoms with E-state index in [1.54, 1.807) is 0 Å². The van der Waals surface area contributed by atoms with Crippen molar-refractivity contribution in [2.24, 2.45) is 5.92 Å². The fourth-order valence-corrected chi connectivity index (χ4v) is 2.88. The van der Waals surface area contributed by atoms with Crippen molar-refractivity contribution in [3.63, 3.8) is 0 Å². The molecule has 1 aliphatic carbocycles. The van der Waals surface area contributed by atoms with Gasteiger partial charge in [-0.3, -0.25) is 0 Å². The third kappa shape index (κ3) is 1.08. The number of rotatable bonds is 3. The quantitative estimate of drug-likeness (QED) is 0.628. The molecule has 0 bridgehead atoms. The average Bonchev–Trinajstić information content (AvgIpc) is 2.73. The summed E-state index contributed by atoms with van der Waals surface area (Å²) in [4.78, 5) is 0. The van der Waals surface area contributed by atoms with Crippen molar-refractivity contribution >= 4 is 0 Å². The fraction of sp³-hybridized carbons (Fsp3) is 1.00. The van der Waals surface area contributed by atoms with Crippen LogP contribution in [0.4, 0.5) is 0 Å². The summed E-state index contributed by atoms with van der Waals surface area (Å²) in [5.74, 6) is 0.604. The standard InChI is InChI=1S/C11H20O2/c1-5-8(2)11(12-4)7-6-10(3)9(11)13-10/h8-9H,5-7H2,1-4H3/t8?,9-,10+,11+/m1/s1. The second-order valence-electron chi connectivity index (χ2n) is 4.78. The summed E-state index contributed by atoms with van der Waals surface area (Å²) < 4.78 is 11.5. The molecule has 0 spiro atoms. The van der Waals surface area contributed by atoms with Gasteiger partial charge in [-0.2, -0.15) is 0 Å². The summed E-state index contributed by atoms with van der Waals surface area (Å²) >= 11 is 0. The lowest BCUT2D eigenvalue weighted by atomic mass is 9.84. The van der Waals surface area contributed by atoms with Crippen LogP contribution in [0.15, 0.2) is 0 Å². The number of epoxide rings is 1. The summed E-state index contributed by atoms with van der Waals surface area (Å²) in [6.45, 7) is 6.71. The molecule has 0 N–H and O–H groups in total. The van der Waals surface area contributed by atoms with Crippen LogP contribution >= 0.6 is 0 Å². The third-order valence-corrected chi connectivity index (χ3v) is 4.17. The summed E-state index contributed by atoms with van der Waals surface area (Å²) in [6.07, 6.45) is 3.86. The van der Waals surface area contributed by atoms with Crippen molar-refractivity contribution in [2.75, 3.05) is 7.11 Å². The maximum atomic E-state index is 5.75. The van der Waals surface area contributed by atoms with E-state index in [-0.39, 0.29) is 11.2 Å². The Morgan fingerprint density at radius 3 is 2.54 bits per heavy atom. The fourth-order valence-electron chi connectivity index (χ4n) is 2.88. The van der Waals surface area contributed by atoms with Crippen LogP contribution in [0.1, 0.15) is 40.0 Å². The first-order valence-electron chi connectivity index (χ1n) is 5.32. The normalized spacial score (nSPS) is 50.3. The minimum Gasteiger partial charge on any atom is -0.375 e. The highest BCUT2D eigenvalue weighted by Crippen LogP contribution is 2.59. The molecule has 1 heterocycles. The first kappa shape index (κ1) is 9.47. The van der Waals surface area contributed by atoms with Crippen LogP contribution in [0.25, 0.3) is 0 Å². The molecule has 0 amide bonds. The second-order valence-corrected chi connectivity index (χ2v) is 4.78. The van der Waals surface area contributed by atoms with Crippen LogP contribution in [0, 0.1) is 5.92 Å². The van der Waals surface area contributed by atoms with Gasteiger partial charge in [0.1, 0.15) is 6.10 Å². The number of ether oxygens (including phenoxy) is 2. The second kappa shape index (κ2) is 2.71. The molecule has 13 heavy (non-hydrogen) atoms. The summed E-state index contributed by atoms with van der Waals surface area (Å²) in [6, 6.07) is 0. The zero-order valence-electron chi connectivity index (χ0n) is 9.09. The topological polar surface area (TPSA) is 21.8 Å². The highest BCUT2D eigenvalue weighted by molar-refractivity contribution is 5.18. The van der Waals surface area contributed by atoms with Crippen molar-refractivity contribution in [3.05, 3.63) is 0 Å². The molecule has 0 radical (unpaired) electrons. The molecular weight excluding hydrogens is 164 g/mol. The molecule has 0 aromatic heterocycles. The van der Waals surface area contributed by atoms with E-state index in [0.29, 0.717) is 12.0 Å². The van der Waals surface area contributed by atoms with E-state index < -0.39 is 0 Å². The number of hydrogen-bond acceptors (Lipinski definition) is 2. The van der Waals surface area contributed by atoms with Crippen LogP contribution < -0.4 is 0 Å². The van der Waals surface area contributed by atoms with Crippen LogP contribution in [0.2, 0.25) is 0 Å². The third-order valence-electron chi connectivity index (χ3n) is 4.17. The molecule has 2 heteroatoms. The molecule has 2 nitrogen and oxygen atoms in total. The lowest BCUT2D eigenvalue weighted by molar-refractivity contribution is -0.0781. The monoisotopic (exact) mass is 184 g/mol. The van der Waals surface area contributed by atoms with E-state index in [1.807, 2.05) is 7.11 Å². The zero-order chi connectivity index (χ0) is 9.69. The van der Waals surface area contributed by atoms with Crippen LogP contribution in [0.3, 0.4) is 0 Å². The lowest BCUT2D eigenvalue weighted by Gasteiger charge is -2.34. The molecule has 1 aliphatic heterocycles. The van der Waals surface area contributed by atoms with E-state index in [4.69, 9.17) is 9.47 Å². The van der Waals surface area contributed by atoms with E-state index in [2.05, 4.69) is 20.8 Å². The molecule has 0 aromatic rings. The van der Waals surface area contributed by atoms with Gasteiger partial charge in [-0.05, 0) is 25.7 Å². The first-order chi connectivity index (χ1) is 6.09. The Labute approximate surface area is 80.6 Å². The Bertz CT molecular complexity index is 216. The Balaban J connectivity index is 2.18. The Kier molecular flexibility index (Phi) is 1.97. The van der Waals surface area contributed by atoms with Crippen molar-refractivity contribution < 1.29 is 9.47 Å². The summed E-state index contributed by atoms with van der Waals surface area (Å²) in [5, 5.41) is 0. The van der Waals surface area contributed by atoms with E-state index >= 15 is 0 Å². The van der Waals surface area contributed by atoms with Crippen LogP contribution in [0.5, 0.6) is 0 Å². The maximum absolute atomic E-state index is 5.75. The van der Waals surface area contributed by atoms with Gasteiger partial charge in [0.25, 0.3) is 0 Å². The van der Waals surface area contributed by atoms with Gasteiger partial charge >= 0.3 is 0 Å². The van der Waals surface area contributed by atoms with E-state index in [9.17, 15) is 0 Å². The molecule has 76 valence electrons. The van der Waals surface area contributed by atoms with Gasteiger partial charge in [0.05, 0.1) is 11.2 Å². The highest BCUT2D eigenvalue weighted by atomic mass is 16.6. The van der Waals surface area contributed by atoms with Crippen LogP contribution in [-0.2, 0) is 9.47 Å². The van der Waals surface area contributed by atoms with Gasteiger partial charge in [-0.15, -0.1) is 0 Å². The Morgan fingerprint density at radius 1 is 1.54 bits per heavy atom. The molecule has 1 unspecified atom stereocenters. The minimum absolute atomic E-state index is 0.0174. The zero-order valence-corrected chi connectivity index (χ0v) is 9.09. The maximum Gasteiger partial charge on any atom is 0.116 e. The molecular formula is C11H20O2. The van der Waals surface area contributed by atoms with Gasteiger partial charge in [-0.25, -0.2) is 0 Å². The lowest BCUT2D eigenvalue weighted by Crippen LogP contribution is -2.42. The van der Waals surface area contributed by atoms with Gasteiger partial charge in [0.2, 0.25) is 0 Å².